The van der Waals surface area contributed by atoms with Gasteiger partial charge >= 0.3 is 5.97 Å². The lowest BCUT2D eigenvalue weighted by Crippen LogP contribution is -2.37. The molecule has 2 aromatic carbocycles. The number of aryl methyl sites for hydroxylation is 3. The Balaban J connectivity index is 1.75. The molecule has 0 saturated heterocycles. The van der Waals surface area contributed by atoms with Gasteiger partial charge in [-0.25, -0.2) is 4.79 Å². The number of hydrogen-bond acceptors (Lipinski definition) is 5. The number of likely N-dealkylation sites (N-methyl/N-ethyl adjacent to an activating group) is 1. The minimum atomic E-state index is -0.658. The number of amides is 2. The Bertz CT molecular complexity index is 895. The molecule has 0 atom stereocenters. The van der Waals surface area contributed by atoms with Crippen LogP contribution in [-0.2, 0) is 19.1 Å². The summed E-state index contributed by atoms with van der Waals surface area (Å²) in [6.07, 6.45) is 0. The first kappa shape index (κ1) is 21.9. The van der Waals surface area contributed by atoms with E-state index in [1.54, 1.807) is 12.1 Å². The molecule has 2 amide bonds. The minimum absolute atomic E-state index is 0.149. The molecule has 0 fully saturated rings. The number of anilines is 1. The summed E-state index contributed by atoms with van der Waals surface area (Å²) in [6.45, 7) is 4.79. The number of para-hydroxylation sites is 1. The van der Waals surface area contributed by atoms with Crippen LogP contribution in [0.25, 0.3) is 0 Å². The molecule has 0 bridgehead atoms. The van der Waals surface area contributed by atoms with Gasteiger partial charge in [-0.1, -0.05) is 30.3 Å². The summed E-state index contributed by atoms with van der Waals surface area (Å²) in [7, 11) is 1.47. The van der Waals surface area contributed by atoms with E-state index in [0.717, 1.165) is 16.7 Å². The van der Waals surface area contributed by atoms with Gasteiger partial charge < -0.3 is 19.7 Å². The van der Waals surface area contributed by atoms with Gasteiger partial charge in [-0.2, -0.15) is 0 Å². The number of esters is 1. The molecule has 7 heteroatoms. The summed E-state index contributed by atoms with van der Waals surface area (Å²) >= 11 is 0. The van der Waals surface area contributed by atoms with E-state index in [4.69, 9.17) is 9.47 Å². The SMILES string of the molecule is Cc1ccc(C)c(NC(=O)CN(C)C(=O)COC(=O)COc2ccccc2C)c1. The van der Waals surface area contributed by atoms with Gasteiger partial charge in [-0.05, 0) is 49.6 Å². The fourth-order valence-corrected chi connectivity index (χ4v) is 2.51. The molecule has 0 radical (unpaired) electrons. The molecule has 0 aromatic heterocycles. The van der Waals surface area contributed by atoms with Gasteiger partial charge in [-0.15, -0.1) is 0 Å². The zero-order chi connectivity index (χ0) is 21.4. The van der Waals surface area contributed by atoms with E-state index < -0.39 is 18.5 Å². The van der Waals surface area contributed by atoms with Crippen LogP contribution in [0.3, 0.4) is 0 Å². The summed E-state index contributed by atoms with van der Waals surface area (Å²) in [5.41, 5.74) is 3.55. The van der Waals surface area contributed by atoms with Crippen molar-refractivity contribution in [2.45, 2.75) is 20.8 Å². The highest BCUT2D eigenvalue weighted by molar-refractivity contribution is 5.95. The highest BCUT2D eigenvalue weighted by atomic mass is 16.6. The van der Waals surface area contributed by atoms with Gasteiger partial charge in [-0.3, -0.25) is 9.59 Å². The zero-order valence-electron chi connectivity index (χ0n) is 17.2. The normalized spacial score (nSPS) is 10.2. The predicted octanol–water partition coefficient (Wildman–Crippen LogP) is 2.63. The molecule has 0 unspecified atom stereocenters. The van der Waals surface area contributed by atoms with E-state index in [2.05, 4.69) is 5.32 Å². The quantitative estimate of drug-likeness (QED) is 0.691. The second-order valence-electron chi connectivity index (χ2n) is 6.83. The Labute approximate surface area is 170 Å². The molecular formula is C22H26N2O5. The Hall–Kier alpha value is -3.35. The van der Waals surface area contributed by atoms with E-state index in [0.29, 0.717) is 11.4 Å². The lowest BCUT2D eigenvalue weighted by atomic mass is 10.1. The van der Waals surface area contributed by atoms with Crippen molar-refractivity contribution in [1.82, 2.24) is 4.90 Å². The molecule has 0 spiro atoms. The number of nitrogens with zero attached hydrogens (tertiary/aromatic N) is 1. The third-order valence-electron chi connectivity index (χ3n) is 4.27. The van der Waals surface area contributed by atoms with Crippen LogP contribution in [0.1, 0.15) is 16.7 Å². The van der Waals surface area contributed by atoms with Crippen molar-refractivity contribution in [3.63, 3.8) is 0 Å². The summed E-state index contributed by atoms with van der Waals surface area (Å²) in [5.74, 6) is -0.889. The number of carbonyl (C=O) groups is 3. The van der Waals surface area contributed by atoms with Crippen molar-refractivity contribution in [2.75, 3.05) is 32.1 Å². The smallest absolute Gasteiger partial charge is 0.344 e. The first-order valence-corrected chi connectivity index (χ1v) is 9.21. The molecule has 0 aliphatic heterocycles. The number of nitrogens with one attached hydrogen (secondary N) is 1. The average molecular weight is 398 g/mol. The van der Waals surface area contributed by atoms with E-state index in [-0.39, 0.29) is 19.1 Å². The Morgan fingerprint density at radius 3 is 2.41 bits per heavy atom. The lowest BCUT2D eigenvalue weighted by Gasteiger charge is -2.17. The minimum Gasteiger partial charge on any atom is -0.482 e. The van der Waals surface area contributed by atoms with Crippen molar-refractivity contribution >= 4 is 23.5 Å². The van der Waals surface area contributed by atoms with Crippen LogP contribution in [-0.4, -0.2) is 49.5 Å². The molecule has 7 nitrogen and oxygen atoms in total. The Morgan fingerprint density at radius 1 is 0.966 bits per heavy atom. The summed E-state index contributed by atoms with van der Waals surface area (Å²) in [4.78, 5) is 37.3. The van der Waals surface area contributed by atoms with Crippen molar-refractivity contribution in [1.29, 1.82) is 0 Å². The fraction of sp³-hybridized carbons (Fsp3) is 0.318. The standard InChI is InChI=1S/C22H26N2O5/c1-15-9-10-16(2)18(11-15)23-20(25)12-24(4)21(26)13-29-22(27)14-28-19-8-6-5-7-17(19)3/h5-11H,12-14H2,1-4H3,(H,23,25). The van der Waals surface area contributed by atoms with Gasteiger partial charge in [0.25, 0.3) is 5.91 Å². The van der Waals surface area contributed by atoms with E-state index in [1.807, 2.05) is 51.1 Å². The van der Waals surface area contributed by atoms with Crippen LogP contribution < -0.4 is 10.1 Å². The van der Waals surface area contributed by atoms with Gasteiger partial charge in [0.05, 0.1) is 6.54 Å². The summed E-state index contributed by atoms with van der Waals surface area (Å²) < 4.78 is 10.3. The predicted molar refractivity (Wildman–Crippen MR) is 110 cm³/mol. The molecule has 0 aliphatic carbocycles. The van der Waals surface area contributed by atoms with Gasteiger partial charge in [0, 0.05) is 12.7 Å². The molecule has 2 aromatic rings. The van der Waals surface area contributed by atoms with Crippen LogP contribution in [0.2, 0.25) is 0 Å². The van der Waals surface area contributed by atoms with Crippen molar-refractivity contribution in [2.24, 2.45) is 0 Å². The maximum absolute atomic E-state index is 12.2. The van der Waals surface area contributed by atoms with Crippen LogP contribution in [0.15, 0.2) is 42.5 Å². The van der Waals surface area contributed by atoms with Crippen LogP contribution in [0.4, 0.5) is 5.69 Å². The second-order valence-corrected chi connectivity index (χ2v) is 6.83. The first-order valence-electron chi connectivity index (χ1n) is 9.21. The van der Waals surface area contributed by atoms with Gasteiger partial charge in [0.15, 0.2) is 13.2 Å². The van der Waals surface area contributed by atoms with Crippen LogP contribution in [0.5, 0.6) is 5.75 Å². The topological polar surface area (TPSA) is 84.9 Å². The van der Waals surface area contributed by atoms with Gasteiger partial charge in [0.1, 0.15) is 5.75 Å². The molecule has 0 heterocycles. The van der Waals surface area contributed by atoms with E-state index in [9.17, 15) is 14.4 Å². The number of benzene rings is 2. The van der Waals surface area contributed by atoms with Crippen molar-refractivity contribution < 1.29 is 23.9 Å². The Kier molecular flexibility index (Phi) is 7.77. The average Bonchev–Trinajstić information content (AvgIpc) is 2.68. The highest BCUT2D eigenvalue weighted by Gasteiger charge is 2.16. The van der Waals surface area contributed by atoms with Crippen molar-refractivity contribution in [3.05, 3.63) is 59.2 Å². The van der Waals surface area contributed by atoms with Crippen molar-refractivity contribution in [3.8, 4) is 5.75 Å². The summed E-state index contributed by atoms with van der Waals surface area (Å²) in [6, 6.07) is 13.0. The fourth-order valence-electron chi connectivity index (χ4n) is 2.51. The molecule has 29 heavy (non-hydrogen) atoms. The number of rotatable bonds is 8. The number of carbonyl (C=O) groups excluding carboxylic acids is 3. The third-order valence-corrected chi connectivity index (χ3v) is 4.27. The van der Waals surface area contributed by atoms with Gasteiger partial charge in [0.2, 0.25) is 5.91 Å². The molecule has 2 rings (SSSR count). The second kappa shape index (κ2) is 10.3. The van der Waals surface area contributed by atoms with E-state index in [1.165, 1.54) is 11.9 Å². The number of hydrogen-bond donors (Lipinski definition) is 1. The molecular weight excluding hydrogens is 372 g/mol. The van der Waals surface area contributed by atoms with E-state index >= 15 is 0 Å². The summed E-state index contributed by atoms with van der Waals surface area (Å²) in [5, 5.41) is 2.78. The maximum atomic E-state index is 12.2. The maximum Gasteiger partial charge on any atom is 0.344 e. The van der Waals surface area contributed by atoms with Crippen LogP contribution in [0, 0.1) is 20.8 Å². The highest BCUT2D eigenvalue weighted by Crippen LogP contribution is 2.17. The molecule has 1 N–H and O–H groups in total. The zero-order valence-corrected chi connectivity index (χ0v) is 17.2. The van der Waals surface area contributed by atoms with Crippen LogP contribution >= 0.6 is 0 Å². The third kappa shape index (κ3) is 6.95. The monoisotopic (exact) mass is 398 g/mol. The first-order chi connectivity index (χ1) is 13.8. The molecule has 0 saturated carbocycles. The largest absolute Gasteiger partial charge is 0.482 e. The molecule has 154 valence electrons. The number of ether oxygens (including phenoxy) is 2. The Morgan fingerprint density at radius 2 is 1.69 bits per heavy atom. The lowest BCUT2D eigenvalue weighted by molar-refractivity contribution is -0.153. The molecule has 0 aliphatic rings.